The van der Waals surface area contributed by atoms with Crippen molar-refractivity contribution in [2.75, 3.05) is 13.1 Å². The predicted octanol–water partition coefficient (Wildman–Crippen LogP) is 5.27. The van der Waals surface area contributed by atoms with Gasteiger partial charge in [-0.05, 0) is 65.9 Å². The summed E-state index contributed by atoms with van der Waals surface area (Å²) in [5, 5.41) is 0. The average Bonchev–Trinajstić information content (AvgIpc) is 2.79. The maximum absolute atomic E-state index is 13.3. The predicted molar refractivity (Wildman–Crippen MR) is 128 cm³/mol. The highest BCUT2D eigenvalue weighted by Gasteiger charge is 2.53. The summed E-state index contributed by atoms with van der Waals surface area (Å²) in [6, 6.07) is 19.3. The molecule has 0 N–H and O–H groups in total. The van der Waals surface area contributed by atoms with Crippen LogP contribution < -0.4 is 0 Å². The van der Waals surface area contributed by atoms with Crippen molar-refractivity contribution < 1.29 is 18.8 Å². The van der Waals surface area contributed by atoms with Crippen molar-refractivity contribution >= 4 is 17.5 Å². The van der Waals surface area contributed by atoms with E-state index in [1.807, 2.05) is 44.2 Å². The lowest BCUT2D eigenvalue weighted by Gasteiger charge is -2.52. The van der Waals surface area contributed by atoms with E-state index in [9.17, 15) is 18.8 Å². The van der Waals surface area contributed by atoms with Gasteiger partial charge in [0.05, 0.1) is 0 Å². The van der Waals surface area contributed by atoms with E-state index in [1.165, 1.54) is 12.1 Å². The molecule has 2 fully saturated rings. The number of Topliss-reactive ketones (excluding diaryl/α,β-unsaturated/α-hetero) is 2. The summed E-state index contributed by atoms with van der Waals surface area (Å²) in [5.41, 5.74) is 4.55. The lowest BCUT2D eigenvalue weighted by molar-refractivity contribution is -0.141. The Bertz CT molecular complexity index is 1250. The fraction of sp³-hybridized carbons (Fsp3) is 0.276. The normalized spacial score (nSPS) is 17.7. The molecule has 3 aromatic carbocycles. The van der Waals surface area contributed by atoms with Gasteiger partial charge in [-0.25, -0.2) is 4.39 Å². The van der Waals surface area contributed by atoms with Gasteiger partial charge in [0.1, 0.15) is 23.3 Å². The molecule has 2 aliphatic rings. The summed E-state index contributed by atoms with van der Waals surface area (Å²) in [6.45, 7) is 4.71. The molecule has 1 amide bonds. The van der Waals surface area contributed by atoms with E-state index >= 15 is 0 Å². The summed E-state index contributed by atoms with van der Waals surface area (Å²) in [6.07, 6.45) is 0.612. The first kappa shape index (κ1) is 22.2. The summed E-state index contributed by atoms with van der Waals surface area (Å²) >= 11 is 0. The fourth-order valence-corrected chi connectivity index (χ4v) is 5.64. The van der Waals surface area contributed by atoms with E-state index in [1.54, 1.807) is 29.2 Å². The van der Waals surface area contributed by atoms with E-state index in [0.29, 0.717) is 31.5 Å². The molecule has 3 aromatic rings. The number of nitrogens with zero attached hydrogens (tertiary/aromatic N) is 1. The second kappa shape index (κ2) is 8.32. The number of rotatable bonds is 3. The lowest BCUT2D eigenvalue weighted by atomic mass is 9.63. The number of carbonyl (C=O) groups is 3. The Morgan fingerprint density at radius 3 is 1.97 bits per heavy atom. The Balaban J connectivity index is 1.34. The second-order valence-electron chi connectivity index (χ2n) is 9.78. The number of ketones is 2. The number of carbonyl (C=O) groups excluding carboxylic acids is 3. The van der Waals surface area contributed by atoms with Crippen LogP contribution in [0.3, 0.4) is 0 Å². The molecule has 0 radical (unpaired) electrons. The third-order valence-electron chi connectivity index (χ3n) is 7.16. The Morgan fingerprint density at radius 1 is 0.853 bits per heavy atom. The third-order valence-corrected chi connectivity index (χ3v) is 7.16. The number of amides is 1. The van der Waals surface area contributed by atoms with E-state index < -0.39 is 11.3 Å². The van der Waals surface area contributed by atoms with Gasteiger partial charge in [-0.15, -0.1) is 0 Å². The minimum Gasteiger partial charge on any atom is -0.337 e. The van der Waals surface area contributed by atoms with Gasteiger partial charge < -0.3 is 4.90 Å². The highest BCUT2D eigenvalue weighted by molar-refractivity contribution is 6.11. The molecule has 4 nitrogen and oxygen atoms in total. The van der Waals surface area contributed by atoms with Crippen LogP contribution in [0.1, 0.15) is 45.8 Å². The van der Waals surface area contributed by atoms with Crippen molar-refractivity contribution in [3.05, 3.63) is 94.8 Å². The quantitative estimate of drug-likeness (QED) is 0.506. The van der Waals surface area contributed by atoms with Crippen LogP contribution in [-0.2, 0) is 9.59 Å². The monoisotopic (exact) mass is 455 g/mol. The minimum absolute atomic E-state index is 0.0590. The molecular formula is C29H26FNO3. The van der Waals surface area contributed by atoms with Crippen LogP contribution in [0.25, 0.3) is 11.1 Å². The van der Waals surface area contributed by atoms with Gasteiger partial charge in [-0.2, -0.15) is 0 Å². The van der Waals surface area contributed by atoms with Gasteiger partial charge in [-0.1, -0.05) is 42.5 Å². The molecule has 1 aliphatic heterocycles. The van der Waals surface area contributed by atoms with E-state index in [-0.39, 0.29) is 23.3 Å². The standard InChI is InChI=1S/C29H26FNO3/c1-18-12-22(20-8-10-23(30)11-9-20)13-19(2)26(18)27-24(32)14-29(15-25(27)33)16-31(17-29)28(34)21-6-4-3-5-7-21/h3-13,27H,14-17H2,1-2H3. The largest absolute Gasteiger partial charge is 0.337 e. The molecule has 34 heavy (non-hydrogen) atoms. The molecule has 0 unspecified atom stereocenters. The van der Waals surface area contributed by atoms with Gasteiger partial charge in [-0.3, -0.25) is 14.4 Å². The zero-order chi connectivity index (χ0) is 24.0. The summed E-state index contributed by atoms with van der Waals surface area (Å²) in [7, 11) is 0. The van der Waals surface area contributed by atoms with Gasteiger partial charge in [0, 0.05) is 36.9 Å². The van der Waals surface area contributed by atoms with E-state index in [0.717, 1.165) is 27.8 Å². The van der Waals surface area contributed by atoms with Gasteiger partial charge in [0.15, 0.2) is 0 Å². The molecule has 5 heteroatoms. The first-order chi connectivity index (χ1) is 16.3. The number of likely N-dealkylation sites (tertiary alicyclic amines) is 1. The van der Waals surface area contributed by atoms with Crippen molar-refractivity contribution in [2.45, 2.75) is 32.6 Å². The third kappa shape index (κ3) is 3.85. The Hall–Kier alpha value is -3.60. The zero-order valence-electron chi connectivity index (χ0n) is 19.3. The lowest BCUT2D eigenvalue weighted by Crippen LogP contribution is -2.62. The molecule has 1 spiro atoms. The molecule has 172 valence electrons. The number of aryl methyl sites for hydroxylation is 2. The fourth-order valence-electron chi connectivity index (χ4n) is 5.64. The molecule has 0 aromatic heterocycles. The molecular weight excluding hydrogens is 429 g/mol. The molecule has 0 bridgehead atoms. The zero-order valence-corrected chi connectivity index (χ0v) is 19.3. The van der Waals surface area contributed by atoms with Crippen molar-refractivity contribution in [2.24, 2.45) is 5.41 Å². The summed E-state index contributed by atoms with van der Waals surface area (Å²) in [5.74, 6) is -1.24. The summed E-state index contributed by atoms with van der Waals surface area (Å²) in [4.78, 5) is 41.0. The highest BCUT2D eigenvalue weighted by Crippen LogP contribution is 2.46. The molecule has 1 aliphatic carbocycles. The highest BCUT2D eigenvalue weighted by atomic mass is 19.1. The number of halogens is 1. The van der Waals surface area contributed by atoms with Gasteiger partial charge in [0.25, 0.3) is 5.91 Å². The van der Waals surface area contributed by atoms with Crippen LogP contribution in [0.5, 0.6) is 0 Å². The maximum Gasteiger partial charge on any atom is 0.253 e. The van der Waals surface area contributed by atoms with Gasteiger partial charge in [0.2, 0.25) is 0 Å². The van der Waals surface area contributed by atoms with Crippen LogP contribution in [-0.4, -0.2) is 35.5 Å². The number of hydrogen-bond acceptors (Lipinski definition) is 3. The van der Waals surface area contributed by atoms with E-state index in [2.05, 4.69) is 0 Å². The van der Waals surface area contributed by atoms with Crippen LogP contribution in [0.4, 0.5) is 4.39 Å². The topological polar surface area (TPSA) is 54.5 Å². The number of hydrogen-bond donors (Lipinski definition) is 0. The SMILES string of the molecule is Cc1cc(-c2ccc(F)cc2)cc(C)c1C1C(=O)CC2(CC1=O)CN(C(=O)c1ccccc1)C2. The maximum atomic E-state index is 13.3. The van der Waals surface area contributed by atoms with Crippen molar-refractivity contribution in [3.8, 4) is 11.1 Å². The Morgan fingerprint density at radius 2 is 1.41 bits per heavy atom. The van der Waals surface area contributed by atoms with Crippen molar-refractivity contribution in [1.29, 1.82) is 0 Å². The Kier molecular flexibility index (Phi) is 5.43. The summed E-state index contributed by atoms with van der Waals surface area (Å²) < 4.78 is 13.3. The minimum atomic E-state index is -0.758. The molecule has 5 rings (SSSR count). The van der Waals surface area contributed by atoms with Crippen molar-refractivity contribution in [3.63, 3.8) is 0 Å². The van der Waals surface area contributed by atoms with E-state index in [4.69, 9.17) is 0 Å². The molecule has 1 saturated heterocycles. The van der Waals surface area contributed by atoms with Gasteiger partial charge >= 0.3 is 0 Å². The smallest absolute Gasteiger partial charge is 0.253 e. The van der Waals surface area contributed by atoms with Crippen LogP contribution >= 0.6 is 0 Å². The second-order valence-corrected chi connectivity index (χ2v) is 9.78. The first-order valence-corrected chi connectivity index (χ1v) is 11.5. The van der Waals surface area contributed by atoms with Crippen LogP contribution in [0, 0.1) is 25.1 Å². The first-order valence-electron chi connectivity index (χ1n) is 11.5. The molecule has 1 heterocycles. The van der Waals surface area contributed by atoms with Crippen molar-refractivity contribution in [1.82, 2.24) is 4.90 Å². The molecule has 1 saturated carbocycles. The van der Waals surface area contributed by atoms with Crippen LogP contribution in [0.2, 0.25) is 0 Å². The molecule has 0 atom stereocenters. The van der Waals surface area contributed by atoms with Crippen LogP contribution in [0.15, 0.2) is 66.7 Å². The number of benzene rings is 3. The average molecular weight is 456 g/mol. The Labute approximate surface area is 198 Å².